The lowest BCUT2D eigenvalue weighted by Gasteiger charge is -2.31. The third-order valence-corrected chi connectivity index (χ3v) is 7.04. The van der Waals surface area contributed by atoms with Gasteiger partial charge >= 0.3 is 0 Å². The lowest BCUT2D eigenvalue weighted by atomic mass is 9.96. The maximum Gasteiger partial charge on any atom is 0.145 e. The first-order valence-corrected chi connectivity index (χ1v) is 13.3. The summed E-state index contributed by atoms with van der Waals surface area (Å²) >= 11 is 0. The van der Waals surface area contributed by atoms with Crippen LogP contribution in [0.2, 0.25) is 0 Å². The summed E-state index contributed by atoms with van der Waals surface area (Å²) < 4.78 is 24.2. The minimum Gasteiger partial charge on any atom is -0.489 e. The minimum absolute atomic E-state index is 0.00387. The Morgan fingerprint density at radius 2 is 1.35 bits per heavy atom. The van der Waals surface area contributed by atoms with Gasteiger partial charge in [-0.15, -0.1) is 0 Å². The summed E-state index contributed by atoms with van der Waals surface area (Å²) in [6, 6.07) is 14.2. The molecule has 0 saturated heterocycles. The van der Waals surface area contributed by atoms with Crippen LogP contribution in [0.3, 0.4) is 0 Å². The molecule has 1 N–H and O–H groups in total. The van der Waals surface area contributed by atoms with Gasteiger partial charge in [-0.2, -0.15) is 0 Å². The van der Waals surface area contributed by atoms with Crippen LogP contribution in [0.4, 0.5) is 0 Å². The van der Waals surface area contributed by atoms with E-state index in [1.54, 1.807) is 0 Å². The number of rotatable bonds is 2. The number of ether oxygens (including phenoxy) is 4. The number of nitrogens with zero attached hydrogens (tertiary/aromatic N) is 2. The first-order chi connectivity index (χ1) is 17.8. The zero-order valence-corrected chi connectivity index (χ0v) is 22.5. The maximum absolute atomic E-state index is 6.11. The molecule has 7 nitrogen and oxygen atoms in total. The molecule has 3 aromatic rings. The fraction of sp³-hybridized carbons (Fsp3) is 0.500. The molecule has 0 atom stereocenters. The summed E-state index contributed by atoms with van der Waals surface area (Å²) in [6.07, 6.45) is 2.37. The molecule has 1 aromatic heterocycles. The molecule has 198 valence electrons. The van der Waals surface area contributed by atoms with E-state index in [4.69, 9.17) is 23.9 Å². The Morgan fingerprint density at radius 1 is 0.784 bits per heavy atom. The number of hydrogen-bond acceptors (Lipinski definition) is 7. The van der Waals surface area contributed by atoms with Gasteiger partial charge in [0.1, 0.15) is 35.7 Å². The van der Waals surface area contributed by atoms with E-state index in [9.17, 15) is 0 Å². The Morgan fingerprint density at radius 3 is 1.86 bits per heavy atom. The second-order valence-electron chi connectivity index (χ2n) is 11.0. The Balaban J connectivity index is 1.31. The van der Waals surface area contributed by atoms with Gasteiger partial charge in [-0.1, -0.05) is 30.3 Å². The zero-order chi connectivity index (χ0) is 25.9. The average Bonchev–Trinajstić information content (AvgIpc) is 3.07. The summed E-state index contributed by atoms with van der Waals surface area (Å²) in [5.41, 5.74) is 3.03. The number of hydrogen-bond donors (Lipinski definition) is 1. The third-order valence-electron chi connectivity index (χ3n) is 7.04. The highest BCUT2D eigenvalue weighted by molar-refractivity contribution is 5.97. The summed E-state index contributed by atoms with van der Waals surface area (Å²) in [5.74, 6) is 1.52. The topological polar surface area (TPSA) is 65.1 Å². The van der Waals surface area contributed by atoms with Crippen LogP contribution in [0.5, 0.6) is 11.5 Å². The maximum atomic E-state index is 6.11. The lowest BCUT2D eigenvalue weighted by molar-refractivity contribution is 0.0578. The normalized spacial score (nSPS) is 21.4. The van der Waals surface area contributed by atoms with Crippen molar-refractivity contribution in [2.75, 3.05) is 59.3 Å². The number of para-hydroxylation sites is 2. The van der Waals surface area contributed by atoms with Crippen molar-refractivity contribution in [2.45, 2.75) is 38.8 Å². The molecule has 0 aliphatic carbocycles. The van der Waals surface area contributed by atoms with Crippen LogP contribution in [-0.4, -0.2) is 80.2 Å². The Labute approximate surface area is 219 Å². The van der Waals surface area contributed by atoms with Gasteiger partial charge in [0.2, 0.25) is 0 Å². The molecule has 0 spiro atoms. The molecule has 0 saturated carbocycles. The van der Waals surface area contributed by atoms with Gasteiger partial charge in [0.25, 0.3) is 0 Å². The van der Waals surface area contributed by atoms with E-state index in [-0.39, 0.29) is 11.1 Å². The van der Waals surface area contributed by atoms with E-state index in [0.717, 1.165) is 52.9 Å². The summed E-state index contributed by atoms with van der Waals surface area (Å²) in [7, 11) is 0. The molecule has 2 aliphatic heterocycles. The highest BCUT2D eigenvalue weighted by atomic mass is 16.5. The van der Waals surface area contributed by atoms with Crippen molar-refractivity contribution < 1.29 is 18.9 Å². The molecule has 2 aliphatic rings. The van der Waals surface area contributed by atoms with E-state index < -0.39 is 0 Å². The highest BCUT2D eigenvalue weighted by Crippen LogP contribution is 2.32. The van der Waals surface area contributed by atoms with Crippen molar-refractivity contribution >= 4 is 21.8 Å². The first-order valence-electron chi connectivity index (χ1n) is 13.3. The molecular formula is C30H39N3O4. The van der Waals surface area contributed by atoms with Gasteiger partial charge in [-0.25, -0.2) is 4.98 Å². The molecule has 0 radical (unpaired) electrons. The molecule has 37 heavy (non-hydrogen) atoms. The molecule has 3 heterocycles. The second-order valence-corrected chi connectivity index (χ2v) is 11.0. The van der Waals surface area contributed by atoms with Gasteiger partial charge in [-0.3, -0.25) is 10.2 Å². The van der Waals surface area contributed by atoms with Crippen LogP contribution in [0.1, 0.15) is 27.7 Å². The van der Waals surface area contributed by atoms with Crippen molar-refractivity contribution in [1.82, 2.24) is 15.2 Å². The van der Waals surface area contributed by atoms with Gasteiger partial charge in [0.15, 0.2) is 0 Å². The Bertz CT molecular complexity index is 1200. The standard InChI is InChI=1S/C30H39N3O4/c1-29(2)20-24(30(3,4)32-29)21-33-11-13-34-15-17-36-25-9-5-7-22-19-23-8-6-10-26(28(23)31-27(22)25)37-18-16-35-14-12-33/h5-10,19-20,32H,11-18,21H2,1-4H3. The molecule has 0 unspecified atom stereocenters. The van der Waals surface area contributed by atoms with Crippen LogP contribution in [0, 0.1) is 0 Å². The van der Waals surface area contributed by atoms with Gasteiger partial charge in [0.05, 0.1) is 26.4 Å². The number of pyridine rings is 1. The summed E-state index contributed by atoms with van der Waals surface area (Å²) in [4.78, 5) is 7.35. The smallest absolute Gasteiger partial charge is 0.145 e. The second kappa shape index (κ2) is 11.0. The van der Waals surface area contributed by atoms with Crippen molar-refractivity contribution in [3.8, 4) is 11.5 Å². The predicted octanol–water partition coefficient (Wildman–Crippen LogP) is 4.58. The number of nitrogens with one attached hydrogen (secondary N) is 1. The van der Waals surface area contributed by atoms with Crippen molar-refractivity contribution in [1.29, 1.82) is 0 Å². The molecule has 5 rings (SSSR count). The van der Waals surface area contributed by atoms with Crippen molar-refractivity contribution in [3.63, 3.8) is 0 Å². The molecule has 2 aromatic carbocycles. The van der Waals surface area contributed by atoms with E-state index in [0.29, 0.717) is 39.6 Å². The Kier molecular flexibility index (Phi) is 7.67. The van der Waals surface area contributed by atoms with E-state index in [1.807, 2.05) is 24.3 Å². The fourth-order valence-corrected chi connectivity index (χ4v) is 5.37. The molecule has 2 bridgehead atoms. The van der Waals surface area contributed by atoms with Crippen LogP contribution in [0.15, 0.2) is 54.1 Å². The summed E-state index contributed by atoms with van der Waals surface area (Å²) in [5, 5.41) is 5.80. The van der Waals surface area contributed by atoms with Crippen molar-refractivity contribution in [2.24, 2.45) is 0 Å². The average molecular weight is 506 g/mol. The Hall–Kier alpha value is -2.71. The number of benzene rings is 2. The predicted molar refractivity (Wildman–Crippen MR) is 148 cm³/mol. The first kappa shape index (κ1) is 25.9. The monoisotopic (exact) mass is 505 g/mol. The third kappa shape index (κ3) is 6.24. The van der Waals surface area contributed by atoms with E-state index in [2.05, 4.69) is 62.2 Å². The molecular weight excluding hydrogens is 466 g/mol. The molecule has 0 fully saturated rings. The van der Waals surface area contributed by atoms with Crippen LogP contribution >= 0.6 is 0 Å². The van der Waals surface area contributed by atoms with E-state index >= 15 is 0 Å². The van der Waals surface area contributed by atoms with Crippen LogP contribution in [0.25, 0.3) is 21.8 Å². The van der Waals surface area contributed by atoms with E-state index in [1.165, 1.54) is 5.57 Å². The van der Waals surface area contributed by atoms with Gasteiger partial charge in [-0.05, 0) is 51.5 Å². The van der Waals surface area contributed by atoms with Crippen LogP contribution in [-0.2, 0) is 9.47 Å². The lowest BCUT2D eigenvalue weighted by Crippen LogP contribution is -2.47. The highest BCUT2D eigenvalue weighted by Gasteiger charge is 2.37. The van der Waals surface area contributed by atoms with Crippen molar-refractivity contribution in [3.05, 3.63) is 54.1 Å². The SMILES string of the molecule is CC1(C)C=C(CN2CCOCCOc3cccc4cc5cccc(c5nc34)OCCOCC2)C(C)(C)N1. The molecule has 0 amide bonds. The zero-order valence-electron chi connectivity index (χ0n) is 22.5. The summed E-state index contributed by atoms with van der Waals surface area (Å²) in [6.45, 7) is 14.7. The fourth-order valence-electron chi connectivity index (χ4n) is 5.37. The molecule has 7 heteroatoms. The minimum atomic E-state index is -0.0368. The van der Waals surface area contributed by atoms with Gasteiger partial charge in [0, 0.05) is 41.5 Å². The largest absolute Gasteiger partial charge is 0.489 e. The number of aromatic nitrogens is 1. The quantitative estimate of drug-likeness (QED) is 0.404. The van der Waals surface area contributed by atoms with Crippen LogP contribution < -0.4 is 14.8 Å². The van der Waals surface area contributed by atoms with Gasteiger partial charge < -0.3 is 18.9 Å².